The van der Waals surface area contributed by atoms with Gasteiger partial charge < -0.3 is 19.6 Å². The van der Waals surface area contributed by atoms with E-state index in [2.05, 4.69) is 38.1 Å². The monoisotopic (exact) mass is 392 g/mol. The number of nitrogens with zero attached hydrogens (tertiary/aromatic N) is 2. The lowest BCUT2D eigenvalue weighted by Crippen LogP contribution is -2.36. The van der Waals surface area contributed by atoms with Gasteiger partial charge in [-0.05, 0) is 30.7 Å². The van der Waals surface area contributed by atoms with Crippen LogP contribution in [0.15, 0.2) is 30.3 Å². The van der Waals surface area contributed by atoms with Crippen LogP contribution in [0.1, 0.15) is 44.6 Å². The molecule has 1 saturated heterocycles. The molecule has 0 aliphatic carbocycles. The standard InChI is InChI=1S/C12H20N2O5.C9H12/c1-13(9-15)5-2-3-10-4-6-14(7-12(17)18)11(16)8-19-10;1-8(2)9-6-4-3-5-7-9/h9-10H,2-8H2,1H3,(H,17,18);3-8H,1-2H3. The molecule has 0 aromatic heterocycles. The molecule has 0 saturated carbocycles. The average molecular weight is 392 g/mol. The molecule has 7 nitrogen and oxygen atoms in total. The van der Waals surface area contributed by atoms with E-state index in [0.29, 0.717) is 25.4 Å². The second-order valence-electron chi connectivity index (χ2n) is 7.22. The van der Waals surface area contributed by atoms with E-state index in [4.69, 9.17) is 9.84 Å². The Balaban J connectivity index is 0.000000362. The Morgan fingerprint density at radius 1 is 1.36 bits per heavy atom. The molecular formula is C21H32N2O5. The third-order valence-corrected chi connectivity index (χ3v) is 4.53. The van der Waals surface area contributed by atoms with Gasteiger partial charge in [-0.25, -0.2) is 0 Å². The number of ether oxygens (including phenoxy) is 1. The second kappa shape index (κ2) is 12.9. The lowest BCUT2D eigenvalue weighted by Gasteiger charge is -2.17. The molecule has 1 atom stereocenters. The molecule has 1 heterocycles. The van der Waals surface area contributed by atoms with Crippen LogP contribution in [-0.4, -0.2) is 72.6 Å². The zero-order valence-electron chi connectivity index (χ0n) is 17.0. The Bertz CT molecular complexity index is 606. The number of carboxylic acid groups (broad SMARTS) is 1. The number of hydrogen-bond acceptors (Lipinski definition) is 4. The molecule has 0 spiro atoms. The van der Waals surface area contributed by atoms with E-state index in [1.54, 1.807) is 11.9 Å². The molecule has 1 fully saturated rings. The van der Waals surface area contributed by atoms with Crippen molar-refractivity contribution in [3.05, 3.63) is 35.9 Å². The maximum absolute atomic E-state index is 11.6. The molecule has 2 amide bonds. The number of carboxylic acids is 1. The van der Waals surface area contributed by atoms with Crippen molar-refractivity contribution in [2.45, 2.75) is 45.1 Å². The minimum absolute atomic E-state index is 0.0530. The quantitative estimate of drug-likeness (QED) is 0.686. The molecule has 1 aromatic rings. The van der Waals surface area contributed by atoms with Crippen LogP contribution in [0, 0.1) is 0 Å². The van der Waals surface area contributed by atoms with Gasteiger partial charge in [0.15, 0.2) is 0 Å². The molecule has 1 aliphatic rings. The third-order valence-electron chi connectivity index (χ3n) is 4.53. The smallest absolute Gasteiger partial charge is 0.323 e. The van der Waals surface area contributed by atoms with Gasteiger partial charge in [-0.1, -0.05) is 44.2 Å². The first-order valence-corrected chi connectivity index (χ1v) is 9.65. The molecule has 1 aliphatic heterocycles. The van der Waals surface area contributed by atoms with Gasteiger partial charge in [-0.15, -0.1) is 0 Å². The molecular weight excluding hydrogens is 360 g/mol. The van der Waals surface area contributed by atoms with Crippen LogP contribution in [-0.2, 0) is 19.1 Å². The largest absolute Gasteiger partial charge is 0.480 e. The van der Waals surface area contributed by atoms with Crippen molar-refractivity contribution in [2.75, 3.05) is 33.3 Å². The van der Waals surface area contributed by atoms with Crippen molar-refractivity contribution in [3.63, 3.8) is 0 Å². The van der Waals surface area contributed by atoms with Crippen molar-refractivity contribution in [3.8, 4) is 0 Å². The fourth-order valence-corrected chi connectivity index (χ4v) is 2.81. The number of rotatable bonds is 8. The van der Waals surface area contributed by atoms with Gasteiger partial charge in [0, 0.05) is 20.1 Å². The maximum atomic E-state index is 11.6. The van der Waals surface area contributed by atoms with Crippen molar-refractivity contribution < 1.29 is 24.2 Å². The number of aliphatic carboxylic acids is 1. The van der Waals surface area contributed by atoms with Crippen LogP contribution in [0.5, 0.6) is 0 Å². The topological polar surface area (TPSA) is 87.2 Å². The van der Waals surface area contributed by atoms with Crippen LogP contribution < -0.4 is 0 Å². The average Bonchev–Trinajstić information content (AvgIpc) is 2.84. The summed E-state index contributed by atoms with van der Waals surface area (Å²) in [6, 6.07) is 10.5. The normalized spacial score (nSPS) is 16.8. The Labute approximate surface area is 167 Å². The summed E-state index contributed by atoms with van der Waals surface area (Å²) in [7, 11) is 1.71. The zero-order chi connectivity index (χ0) is 20.9. The Kier molecular flexibility index (Phi) is 10.9. The van der Waals surface area contributed by atoms with Gasteiger partial charge in [0.05, 0.1) is 6.10 Å². The van der Waals surface area contributed by atoms with Gasteiger partial charge in [0.25, 0.3) is 0 Å². The Morgan fingerprint density at radius 2 is 2.04 bits per heavy atom. The molecule has 0 bridgehead atoms. The number of hydrogen-bond donors (Lipinski definition) is 1. The fourth-order valence-electron chi connectivity index (χ4n) is 2.81. The van der Waals surface area contributed by atoms with E-state index >= 15 is 0 Å². The van der Waals surface area contributed by atoms with Crippen molar-refractivity contribution in [1.82, 2.24) is 9.80 Å². The van der Waals surface area contributed by atoms with Gasteiger partial charge in [0.1, 0.15) is 13.2 Å². The molecule has 2 rings (SSSR count). The van der Waals surface area contributed by atoms with E-state index in [9.17, 15) is 14.4 Å². The minimum Gasteiger partial charge on any atom is -0.480 e. The highest BCUT2D eigenvalue weighted by Crippen LogP contribution is 2.13. The van der Waals surface area contributed by atoms with Gasteiger partial charge >= 0.3 is 5.97 Å². The molecule has 7 heteroatoms. The minimum atomic E-state index is -1.01. The van der Waals surface area contributed by atoms with Crippen LogP contribution in [0.4, 0.5) is 0 Å². The number of carbonyl (C=O) groups excluding carboxylic acids is 2. The molecule has 1 N–H and O–H groups in total. The predicted molar refractivity (Wildman–Crippen MR) is 107 cm³/mol. The molecule has 1 unspecified atom stereocenters. The lowest BCUT2D eigenvalue weighted by atomic mass is 10.0. The van der Waals surface area contributed by atoms with E-state index in [0.717, 1.165) is 19.3 Å². The second-order valence-corrected chi connectivity index (χ2v) is 7.22. The van der Waals surface area contributed by atoms with Gasteiger partial charge in [-0.3, -0.25) is 14.4 Å². The molecule has 1 aromatic carbocycles. The highest BCUT2D eigenvalue weighted by molar-refractivity contribution is 5.82. The first kappa shape index (κ1) is 23.6. The summed E-state index contributed by atoms with van der Waals surface area (Å²) in [5.41, 5.74) is 1.41. The lowest BCUT2D eigenvalue weighted by molar-refractivity contribution is -0.145. The van der Waals surface area contributed by atoms with Crippen LogP contribution in [0.3, 0.4) is 0 Å². The highest BCUT2D eigenvalue weighted by atomic mass is 16.5. The predicted octanol–water partition coefficient (Wildman–Crippen LogP) is 2.37. The third kappa shape index (κ3) is 9.50. The van der Waals surface area contributed by atoms with Gasteiger partial charge in [-0.2, -0.15) is 0 Å². The van der Waals surface area contributed by atoms with Crippen molar-refractivity contribution in [2.24, 2.45) is 0 Å². The summed E-state index contributed by atoms with van der Waals surface area (Å²) >= 11 is 0. The molecule has 156 valence electrons. The highest BCUT2D eigenvalue weighted by Gasteiger charge is 2.24. The molecule has 28 heavy (non-hydrogen) atoms. The van der Waals surface area contributed by atoms with E-state index in [1.165, 1.54) is 10.5 Å². The summed E-state index contributed by atoms with van der Waals surface area (Å²) in [4.78, 5) is 35.5. The SMILES string of the molecule is CC(C)c1ccccc1.CN(C=O)CCCC1CCN(CC(=O)O)C(=O)CO1. The summed E-state index contributed by atoms with van der Waals surface area (Å²) < 4.78 is 5.45. The number of benzene rings is 1. The first-order chi connectivity index (χ1) is 13.3. The van der Waals surface area contributed by atoms with E-state index in [1.807, 2.05) is 6.07 Å². The number of carbonyl (C=O) groups is 3. The first-order valence-electron chi connectivity index (χ1n) is 9.65. The van der Waals surface area contributed by atoms with E-state index < -0.39 is 5.97 Å². The fraction of sp³-hybridized carbons (Fsp3) is 0.571. The maximum Gasteiger partial charge on any atom is 0.323 e. The summed E-state index contributed by atoms with van der Waals surface area (Å²) in [6.07, 6.45) is 2.90. The van der Waals surface area contributed by atoms with Crippen LogP contribution in [0.25, 0.3) is 0 Å². The van der Waals surface area contributed by atoms with E-state index in [-0.39, 0.29) is 25.2 Å². The number of amides is 2. The Morgan fingerprint density at radius 3 is 2.57 bits per heavy atom. The van der Waals surface area contributed by atoms with Crippen molar-refractivity contribution in [1.29, 1.82) is 0 Å². The van der Waals surface area contributed by atoms with Crippen molar-refractivity contribution >= 4 is 18.3 Å². The Hall–Kier alpha value is -2.41. The zero-order valence-corrected chi connectivity index (χ0v) is 17.0. The summed E-state index contributed by atoms with van der Waals surface area (Å²) in [5, 5.41) is 8.70. The van der Waals surface area contributed by atoms with Crippen LogP contribution in [0.2, 0.25) is 0 Å². The van der Waals surface area contributed by atoms with Crippen LogP contribution >= 0.6 is 0 Å². The molecule has 0 radical (unpaired) electrons. The summed E-state index contributed by atoms with van der Waals surface area (Å²) in [6.45, 7) is 5.12. The van der Waals surface area contributed by atoms with Gasteiger partial charge in [0.2, 0.25) is 12.3 Å². The summed E-state index contributed by atoms with van der Waals surface area (Å²) in [5.74, 6) is -0.638.